The van der Waals surface area contributed by atoms with Crippen LogP contribution >= 0.6 is 11.6 Å². The van der Waals surface area contributed by atoms with Gasteiger partial charge in [0, 0.05) is 26.2 Å². The normalized spacial score (nSPS) is 12.2. The number of likely N-dealkylation sites (N-methyl/N-ethyl adjacent to an activating group) is 1. The molecule has 0 aliphatic rings. The van der Waals surface area contributed by atoms with Crippen molar-refractivity contribution in [2.75, 3.05) is 13.6 Å². The summed E-state index contributed by atoms with van der Waals surface area (Å²) in [5.41, 5.74) is 3.12. The fourth-order valence-electron chi connectivity index (χ4n) is 2.38. The van der Waals surface area contributed by atoms with Crippen LogP contribution in [0.1, 0.15) is 32.3 Å². The van der Waals surface area contributed by atoms with Crippen LogP contribution in [0.5, 0.6) is 0 Å². The number of hydrogen-bond acceptors (Lipinski definition) is 3. The molecular formula is C14H24ClN5. The summed E-state index contributed by atoms with van der Waals surface area (Å²) in [4.78, 5) is 7.00. The zero-order chi connectivity index (χ0) is 14.9. The number of halogens is 1. The van der Waals surface area contributed by atoms with Gasteiger partial charge in [-0.3, -0.25) is 4.68 Å². The molecule has 6 heteroatoms. The van der Waals surface area contributed by atoms with Crippen molar-refractivity contribution in [2.24, 2.45) is 7.05 Å². The highest BCUT2D eigenvalue weighted by molar-refractivity contribution is 6.16. The standard InChI is InChI=1S/C14H24ClN5/c1-6-11-13-14(19(5)17-11)20(12(9-15)16-13)8-7-18(4)10(2)3/h10H,6-9H2,1-5H3. The minimum atomic E-state index is 0.434. The molecule has 112 valence electrons. The number of hydrogen-bond donors (Lipinski definition) is 0. The molecule has 0 spiro atoms. The third kappa shape index (κ3) is 2.69. The second kappa shape index (κ2) is 6.14. The zero-order valence-corrected chi connectivity index (χ0v) is 13.8. The van der Waals surface area contributed by atoms with Crippen molar-refractivity contribution >= 4 is 22.8 Å². The molecule has 0 atom stereocenters. The molecule has 0 N–H and O–H groups in total. The fraction of sp³-hybridized carbons (Fsp3) is 0.714. The van der Waals surface area contributed by atoms with Gasteiger partial charge >= 0.3 is 0 Å². The maximum absolute atomic E-state index is 6.06. The summed E-state index contributed by atoms with van der Waals surface area (Å²) >= 11 is 6.06. The third-order valence-corrected chi connectivity index (χ3v) is 4.12. The van der Waals surface area contributed by atoms with E-state index < -0.39 is 0 Å². The summed E-state index contributed by atoms with van der Waals surface area (Å²) in [6.45, 7) is 8.36. The van der Waals surface area contributed by atoms with Gasteiger partial charge in [0.2, 0.25) is 0 Å². The number of rotatable bonds is 6. The molecule has 0 aliphatic carbocycles. The van der Waals surface area contributed by atoms with Crippen molar-refractivity contribution in [3.05, 3.63) is 11.5 Å². The van der Waals surface area contributed by atoms with E-state index in [1.54, 1.807) is 0 Å². The van der Waals surface area contributed by atoms with Crippen molar-refractivity contribution in [2.45, 2.75) is 45.7 Å². The minimum absolute atomic E-state index is 0.434. The molecule has 0 radical (unpaired) electrons. The maximum Gasteiger partial charge on any atom is 0.158 e. The van der Waals surface area contributed by atoms with E-state index in [1.807, 2.05) is 11.7 Å². The van der Waals surface area contributed by atoms with Gasteiger partial charge in [-0.05, 0) is 27.3 Å². The van der Waals surface area contributed by atoms with Crippen LogP contribution in [0.15, 0.2) is 0 Å². The summed E-state index contributed by atoms with van der Waals surface area (Å²) in [5, 5.41) is 4.54. The second-order valence-corrected chi connectivity index (χ2v) is 5.75. The molecule has 0 bridgehead atoms. The predicted octanol–water partition coefficient (Wildman–Crippen LogP) is 2.41. The number of aryl methyl sites for hydroxylation is 2. The Kier molecular flexibility index (Phi) is 4.70. The van der Waals surface area contributed by atoms with E-state index >= 15 is 0 Å². The Balaban J connectivity index is 2.37. The van der Waals surface area contributed by atoms with E-state index in [2.05, 4.69) is 47.4 Å². The van der Waals surface area contributed by atoms with Crippen LogP contribution in [-0.4, -0.2) is 43.9 Å². The lowest BCUT2D eigenvalue weighted by Gasteiger charge is -2.21. The second-order valence-electron chi connectivity index (χ2n) is 5.48. The van der Waals surface area contributed by atoms with E-state index in [0.717, 1.165) is 42.2 Å². The van der Waals surface area contributed by atoms with E-state index in [0.29, 0.717) is 11.9 Å². The van der Waals surface area contributed by atoms with Crippen LogP contribution in [0.4, 0.5) is 0 Å². The van der Waals surface area contributed by atoms with Crippen molar-refractivity contribution in [3.63, 3.8) is 0 Å². The first-order valence-electron chi connectivity index (χ1n) is 7.16. The van der Waals surface area contributed by atoms with Crippen LogP contribution in [0.2, 0.25) is 0 Å². The smallest absolute Gasteiger partial charge is 0.158 e. The molecule has 2 aromatic rings. The predicted molar refractivity (Wildman–Crippen MR) is 83.2 cm³/mol. The van der Waals surface area contributed by atoms with E-state index in [-0.39, 0.29) is 0 Å². The Morgan fingerprint density at radius 1 is 1.35 bits per heavy atom. The van der Waals surface area contributed by atoms with Gasteiger partial charge in [0.1, 0.15) is 11.3 Å². The van der Waals surface area contributed by atoms with Crippen molar-refractivity contribution in [1.82, 2.24) is 24.2 Å². The third-order valence-electron chi connectivity index (χ3n) is 3.88. The van der Waals surface area contributed by atoms with Gasteiger partial charge in [-0.25, -0.2) is 4.98 Å². The molecule has 0 aliphatic heterocycles. The molecule has 0 aromatic carbocycles. The number of imidazole rings is 1. The fourth-order valence-corrected chi connectivity index (χ4v) is 2.58. The largest absolute Gasteiger partial charge is 0.311 e. The Hall–Kier alpha value is -1.07. The lowest BCUT2D eigenvalue weighted by atomic mass is 10.3. The summed E-state index contributed by atoms with van der Waals surface area (Å²) in [6, 6.07) is 0.534. The summed E-state index contributed by atoms with van der Waals surface area (Å²) in [5.74, 6) is 1.37. The van der Waals surface area contributed by atoms with Gasteiger partial charge in [0.05, 0.1) is 11.6 Å². The van der Waals surface area contributed by atoms with Crippen LogP contribution in [0.25, 0.3) is 11.2 Å². The number of fused-ring (bicyclic) bond motifs is 1. The van der Waals surface area contributed by atoms with Gasteiger partial charge in [-0.1, -0.05) is 6.92 Å². The van der Waals surface area contributed by atoms with Crippen LogP contribution in [0, 0.1) is 0 Å². The number of nitrogens with zero attached hydrogens (tertiary/aromatic N) is 5. The first kappa shape index (κ1) is 15.3. The monoisotopic (exact) mass is 297 g/mol. The lowest BCUT2D eigenvalue weighted by Crippen LogP contribution is -2.30. The molecule has 0 amide bonds. The average molecular weight is 298 g/mol. The van der Waals surface area contributed by atoms with Crippen LogP contribution in [0.3, 0.4) is 0 Å². The molecule has 20 heavy (non-hydrogen) atoms. The summed E-state index contributed by atoms with van der Waals surface area (Å²) in [6.07, 6.45) is 0.891. The molecule has 0 unspecified atom stereocenters. The Bertz CT molecular complexity index is 584. The summed E-state index contributed by atoms with van der Waals surface area (Å²) < 4.78 is 4.12. The van der Waals surface area contributed by atoms with Gasteiger partial charge < -0.3 is 9.47 Å². The SMILES string of the molecule is CCc1nn(C)c2c1nc(CCl)n2CCN(C)C(C)C. The molecule has 0 saturated carbocycles. The Morgan fingerprint density at radius 2 is 2.05 bits per heavy atom. The molecule has 0 saturated heterocycles. The van der Waals surface area contributed by atoms with Crippen LogP contribution < -0.4 is 0 Å². The van der Waals surface area contributed by atoms with E-state index in [1.165, 1.54) is 0 Å². The topological polar surface area (TPSA) is 38.9 Å². The molecule has 2 heterocycles. The van der Waals surface area contributed by atoms with Crippen LogP contribution in [-0.2, 0) is 25.9 Å². The lowest BCUT2D eigenvalue weighted by molar-refractivity contribution is 0.263. The Morgan fingerprint density at radius 3 is 2.60 bits per heavy atom. The minimum Gasteiger partial charge on any atom is -0.311 e. The highest BCUT2D eigenvalue weighted by atomic mass is 35.5. The summed E-state index contributed by atoms with van der Waals surface area (Å²) in [7, 11) is 4.11. The Labute approximate surface area is 125 Å². The quantitative estimate of drug-likeness (QED) is 0.769. The highest BCUT2D eigenvalue weighted by Gasteiger charge is 2.18. The van der Waals surface area contributed by atoms with Gasteiger partial charge in [0.15, 0.2) is 5.65 Å². The van der Waals surface area contributed by atoms with Crippen molar-refractivity contribution < 1.29 is 0 Å². The average Bonchev–Trinajstić information content (AvgIpc) is 2.93. The van der Waals surface area contributed by atoms with Gasteiger partial charge in [-0.15, -0.1) is 11.6 Å². The number of aromatic nitrogens is 4. The zero-order valence-electron chi connectivity index (χ0n) is 13.0. The highest BCUT2D eigenvalue weighted by Crippen LogP contribution is 2.21. The van der Waals surface area contributed by atoms with Gasteiger partial charge in [-0.2, -0.15) is 5.10 Å². The molecule has 0 fully saturated rings. The first-order valence-corrected chi connectivity index (χ1v) is 7.70. The molecular weight excluding hydrogens is 274 g/mol. The van der Waals surface area contributed by atoms with Gasteiger partial charge in [0.25, 0.3) is 0 Å². The first-order chi connectivity index (χ1) is 9.49. The molecule has 2 aromatic heterocycles. The molecule has 2 rings (SSSR count). The van der Waals surface area contributed by atoms with Crippen molar-refractivity contribution in [1.29, 1.82) is 0 Å². The van der Waals surface area contributed by atoms with E-state index in [9.17, 15) is 0 Å². The molecule has 5 nitrogen and oxygen atoms in total. The number of alkyl halides is 1. The van der Waals surface area contributed by atoms with Crippen molar-refractivity contribution in [3.8, 4) is 0 Å². The van der Waals surface area contributed by atoms with E-state index in [4.69, 9.17) is 11.6 Å². The maximum atomic E-state index is 6.06.